The number of benzene rings is 1. The molecule has 0 spiro atoms. The van der Waals surface area contributed by atoms with Gasteiger partial charge < -0.3 is 10.2 Å². The van der Waals surface area contributed by atoms with Crippen LogP contribution in [-0.2, 0) is 20.1 Å². The monoisotopic (exact) mass is 481 g/mol. The van der Waals surface area contributed by atoms with Gasteiger partial charge in [0, 0.05) is 56.4 Å². The maximum Gasteiger partial charge on any atom is 0.332 e. The summed E-state index contributed by atoms with van der Waals surface area (Å²) in [4.78, 5) is 33.1. The van der Waals surface area contributed by atoms with Crippen molar-refractivity contribution < 1.29 is 0 Å². The lowest BCUT2D eigenvalue weighted by Gasteiger charge is -2.29. The predicted octanol–water partition coefficient (Wildman–Crippen LogP) is 2.21. The molecule has 1 fully saturated rings. The van der Waals surface area contributed by atoms with Crippen molar-refractivity contribution in [2.24, 2.45) is 13.0 Å². The highest BCUT2D eigenvalue weighted by atomic mass is 35.5. The highest BCUT2D eigenvalue weighted by molar-refractivity contribution is 6.31. The van der Waals surface area contributed by atoms with Crippen LogP contribution in [0.4, 0.5) is 5.82 Å². The molecule has 0 radical (unpaired) electrons. The number of hydrogen-bond acceptors (Lipinski definition) is 6. The van der Waals surface area contributed by atoms with Crippen LogP contribution in [0, 0.1) is 5.92 Å². The number of nitrogens with one attached hydrogen (secondary N) is 1. The molecule has 0 bridgehead atoms. The molecule has 178 valence electrons. The molecular formula is C24H28ClN7O2. The lowest BCUT2D eigenvalue weighted by atomic mass is 10.1. The zero-order valence-electron chi connectivity index (χ0n) is 19.6. The largest absolute Gasteiger partial charge is 0.354 e. The number of hydrogen-bond donors (Lipinski definition) is 1. The molecule has 0 amide bonds. The highest BCUT2D eigenvalue weighted by Gasteiger charge is 2.26. The molecule has 1 aromatic carbocycles. The van der Waals surface area contributed by atoms with E-state index >= 15 is 0 Å². The van der Waals surface area contributed by atoms with Crippen molar-refractivity contribution in [1.82, 2.24) is 29.2 Å². The quantitative estimate of drug-likeness (QED) is 0.470. The molecule has 9 nitrogen and oxygen atoms in total. The number of pyridine rings is 1. The molecule has 5 rings (SSSR count). The van der Waals surface area contributed by atoms with Crippen molar-refractivity contribution in [2.45, 2.75) is 26.9 Å². The normalized spacial score (nSPS) is 14.6. The zero-order valence-corrected chi connectivity index (χ0v) is 20.3. The standard InChI is InChI=1S/C24H28ClN7O2/c1-15(2)13-31-21-20(23(33)29(3)24(31)34)22(30-10-8-26-9-11-30)32(28-21)14-16-6-7-27-19-5-4-17(25)12-18(16)19/h4-7,12,15,26H,8-11,13-14H2,1-3H3. The van der Waals surface area contributed by atoms with Crippen molar-refractivity contribution in [2.75, 3.05) is 31.1 Å². The van der Waals surface area contributed by atoms with E-state index in [-0.39, 0.29) is 17.2 Å². The van der Waals surface area contributed by atoms with E-state index in [2.05, 4.69) is 15.2 Å². The summed E-state index contributed by atoms with van der Waals surface area (Å²) in [5.41, 5.74) is 1.61. The number of aromatic nitrogens is 5. The van der Waals surface area contributed by atoms with Gasteiger partial charge in [-0.15, -0.1) is 0 Å². The van der Waals surface area contributed by atoms with E-state index in [0.717, 1.165) is 48.5 Å². The van der Waals surface area contributed by atoms with Crippen molar-refractivity contribution >= 4 is 39.4 Å². The first kappa shape index (κ1) is 22.6. The van der Waals surface area contributed by atoms with Crippen LogP contribution >= 0.6 is 11.6 Å². The Hall–Kier alpha value is -3.17. The summed E-state index contributed by atoms with van der Waals surface area (Å²) < 4.78 is 4.69. The van der Waals surface area contributed by atoms with E-state index < -0.39 is 0 Å². The van der Waals surface area contributed by atoms with Gasteiger partial charge in [-0.1, -0.05) is 25.4 Å². The first-order valence-corrected chi connectivity index (χ1v) is 11.9. The van der Waals surface area contributed by atoms with Crippen molar-refractivity contribution in [3.63, 3.8) is 0 Å². The molecule has 10 heteroatoms. The van der Waals surface area contributed by atoms with Gasteiger partial charge in [0.25, 0.3) is 5.56 Å². The Labute approximate surface area is 201 Å². The fraction of sp³-hybridized carbons (Fsp3) is 0.417. The average molecular weight is 482 g/mol. The van der Waals surface area contributed by atoms with Gasteiger partial charge in [-0.2, -0.15) is 5.10 Å². The Morgan fingerprint density at radius 1 is 1.15 bits per heavy atom. The molecule has 4 heterocycles. The smallest absolute Gasteiger partial charge is 0.332 e. The van der Waals surface area contributed by atoms with Crippen LogP contribution in [0.1, 0.15) is 19.4 Å². The van der Waals surface area contributed by atoms with E-state index in [4.69, 9.17) is 16.7 Å². The zero-order chi connectivity index (χ0) is 24.0. The van der Waals surface area contributed by atoms with E-state index in [1.54, 1.807) is 10.8 Å². The third-order valence-electron chi connectivity index (χ3n) is 6.28. The minimum Gasteiger partial charge on any atom is -0.354 e. The van der Waals surface area contributed by atoms with Crippen LogP contribution in [0.2, 0.25) is 5.02 Å². The molecule has 1 aliphatic heterocycles. The maximum absolute atomic E-state index is 13.4. The van der Waals surface area contributed by atoms with E-state index in [9.17, 15) is 9.59 Å². The van der Waals surface area contributed by atoms with Crippen LogP contribution < -0.4 is 21.5 Å². The number of rotatable bonds is 5. The fourth-order valence-electron chi connectivity index (χ4n) is 4.66. The van der Waals surface area contributed by atoms with Gasteiger partial charge in [0.1, 0.15) is 11.2 Å². The first-order valence-electron chi connectivity index (χ1n) is 11.5. The maximum atomic E-state index is 13.4. The van der Waals surface area contributed by atoms with Crippen LogP contribution in [0.3, 0.4) is 0 Å². The summed E-state index contributed by atoms with van der Waals surface area (Å²) in [6.45, 7) is 8.11. The number of nitrogens with zero attached hydrogens (tertiary/aromatic N) is 6. The SMILES string of the molecule is CC(C)Cn1c(=O)n(C)c(=O)c2c(N3CCNCC3)n(Cc3ccnc4ccc(Cl)cc34)nc21. The van der Waals surface area contributed by atoms with E-state index in [1.165, 1.54) is 11.6 Å². The summed E-state index contributed by atoms with van der Waals surface area (Å²) in [5.74, 6) is 0.971. The van der Waals surface area contributed by atoms with E-state index in [0.29, 0.717) is 29.1 Å². The molecule has 0 aliphatic carbocycles. The summed E-state index contributed by atoms with van der Waals surface area (Å²) in [5, 5.41) is 10.3. The van der Waals surface area contributed by atoms with Crippen molar-refractivity contribution in [3.8, 4) is 0 Å². The first-order chi connectivity index (χ1) is 16.3. The molecule has 0 saturated carbocycles. The number of fused-ring (bicyclic) bond motifs is 2. The van der Waals surface area contributed by atoms with Crippen LogP contribution in [-0.4, -0.2) is 50.1 Å². The van der Waals surface area contributed by atoms with Crippen molar-refractivity contribution in [1.29, 1.82) is 0 Å². The predicted molar refractivity (Wildman–Crippen MR) is 135 cm³/mol. The second-order valence-electron chi connectivity index (χ2n) is 9.20. The minimum absolute atomic E-state index is 0.220. The molecular weight excluding hydrogens is 454 g/mol. The molecule has 1 aliphatic rings. The highest BCUT2D eigenvalue weighted by Crippen LogP contribution is 2.28. The third-order valence-corrected chi connectivity index (χ3v) is 6.51. The molecule has 0 unspecified atom stereocenters. The van der Waals surface area contributed by atoms with Gasteiger partial charge in [0.05, 0.1) is 12.1 Å². The lowest BCUT2D eigenvalue weighted by Crippen LogP contribution is -2.45. The number of anilines is 1. The van der Waals surface area contributed by atoms with Crippen LogP contribution in [0.25, 0.3) is 21.9 Å². The van der Waals surface area contributed by atoms with E-state index in [1.807, 2.05) is 42.8 Å². The average Bonchev–Trinajstić information content (AvgIpc) is 3.20. The Bertz CT molecular complexity index is 1500. The van der Waals surface area contributed by atoms with Gasteiger partial charge >= 0.3 is 5.69 Å². The molecule has 3 aromatic heterocycles. The molecule has 34 heavy (non-hydrogen) atoms. The number of piperazine rings is 1. The molecule has 4 aromatic rings. The van der Waals surface area contributed by atoms with Crippen LogP contribution in [0.15, 0.2) is 40.1 Å². The third kappa shape index (κ3) is 3.88. The Morgan fingerprint density at radius 3 is 2.65 bits per heavy atom. The Kier molecular flexibility index (Phi) is 5.91. The molecule has 1 saturated heterocycles. The fourth-order valence-corrected chi connectivity index (χ4v) is 4.83. The Morgan fingerprint density at radius 2 is 1.91 bits per heavy atom. The topological polar surface area (TPSA) is 90.0 Å². The summed E-state index contributed by atoms with van der Waals surface area (Å²) in [6.07, 6.45) is 1.77. The lowest BCUT2D eigenvalue weighted by molar-refractivity contribution is 0.497. The van der Waals surface area contributed by atoms with Gasteiger partial charge in [-0.25, -0.2) is 9.48 Å². The molecule has 0 atom stereocenters. The second kappa shape index (κ2) is 8.88. The summed E-state index contributed by atoms with van der Waals surface area (Å²) in [7, 11) is 1.54. The van der Waals surface area contributed by atoms with Gasteiger partial charge in [-0.05, 0) is 35.7 Å². The van der Waals surface area contributed by atoms with Crippen LogP contribution in [0.5, 0.6) is 0 Å². The molecule has 1 N–H and O–H groups in total. The summed E-state index contributed by atoms with van der Waals surface area (Å²) in [6, 6.07) is 7.57. The van der Waals surface area contributed by atoms with Gasteiger partial charge in [0.15, 0.2) is 5.65 Å². The second-order valence-corrected chi connectivity index (χ2v) is 9.64. The number of halogens is 1. The Balaban J connectivity index is 1.78. The van der Waals surface area contributed by atoms with Gasteiger partial charge in [-0.3, -0.25) is 18.9 Å². The van der Waals surface area contributed by atoms with Gasteiger partial charge in [0.2, 0.25) is 0 Å². The van der Waals surface area contributed by atoms with Crippen molar-refractivity contribution in [3.05, 3.63) is 61.9 Å². The summed E-state index contributed by atoms with van der Waals surface area (Å²) >= 11 is 6.29. The minimum atomic E-state index is -0.344.